The maximum Gasteiger partial charge on any atom is 0.323 e. The maximum atomic E-state index is 12.8. The summed E-state index contributed by atoms with van der Waals surface area (Å²) < 4.78 is 1.64. The summed E-state index contributed by atoms with van der Waals surface area (Å²) in [5.74, 6) is -0.929. The van der Waals surface area contributed by atoms with Gasteiger partial charge in [-0.2, -0.15) is 0 Å². The predicted octanol–water partition coefficient (Wildman–Crippen LogP) is 2.99. The Morgan fingerprint density at radius 2 is 1.87 bits per heavy atom. The van der Waals surface area contributed by atoms with Gasteiger partial charge in [-0.3, -0.25) is 9.59 Å². The van der Waals surface area contributed by atoms with E-state index in [1.807, 2.05) is 49.4 Å². The summed E-state index contributed by atoms with van der Waals surface area (Å²) in [7, 11) is 0. The van der Waals surface area contributed by atoms with E-state index in [1.54, 1.807) is 16.8 Å². The van der Waals surface area contributed by atoms with Crippen molar-refractivity contribution in [1.29, 1.82) is 0 Å². The molecule has 0 aliphatic carbocycles. The molecule has 3 aromatic rings. The third kappa shape index (κ3) is 3.16. The standard InChI is InChI=1S/C19H17NO3/c1-13-7-8-17-16(9-13)19(23)15(11-20(17)12-18(21)22)10-14-5-3-2-4-6-14/h2-9,11H,10,12H2,1H3,(H,21,22). The van der Waals surface area contributed by atoms with Gasteiger partial charge in [0, 0.05) is 23.6 Å². The van der Waals surface area contributed by atoms with E-state index >= 15 is 0 Å². The quantitative estimate of drug-likeness (QED) is 0.806. The second-order valence-electron chi connectivity index (χ2n) is 5.69. The number of aliphatic carboxylic acids is 1. The van der Waals surface area contributed by atoms with Crippen LogP contribution in [0.3, 0.4) is 0 Å². The Morgan fingerprint density at radius 1 is 1.13 bits per heavy atom. The Labute approximate surface area is 133 Å². The first-order chi connectivity index (χ1) is 11.0. The average Bonchev–Trinajstić information content (AvgIpc) is 2.52. The Morgan fingerprint density at radius 3 is 2.57 bits per heavy atom. The van der Waals surface area contributed by atoms with Gasteiger partial charge < -0.3 is 9.67 Å². The number of hydrogen-bond donors (Lipinski definition) is 1. The van der Waals surface area contributed by atoms with E-state index in [2.05, 4.69) is 0 Å². The number of aryl methyl sites for hydroxylation is 1. The van der Waals surface area contributed by atoms with Crippen molar-refractivity contribution in [1.82, 2.24) is 4.57 Å². The molecule has 2 aromatic carbocycles. The van der Waals surface area contributed by atoms with Crippen molar-refractivity contribution in [2.24, 2.45) is 0 Å². The number of carboxylic acid groups (broad SMARTS) is 1. The molecule has 0 radical (unpaired) electrons. The highest BCUT2D eigenvalue weighted by Crippen LogP contribution is 2.16. The minimum Gasteiger partial charge on any atom is -0.480 e. The van der Waals surface area contributed by atoms with E-state index in [0.717, 1.165) is 11.1 Å². The number of rotatable bonds is 4. The number of fused-ring (bicyclic) bond motifs is 1. The van der Waals surface area contributed by atoms with Crippen molar-refractivity contribution >= 4 is 16.9 Å². The fraction of sp³-hybridized carbons (Fsp3) is 0.158. The second kappa shape index (κ2) is 6.08. The van der Waals surface area contributed by atoms with Crippen LogP contribution in [0.4, 0.5) is 0 Å². The SMILES string of the molecule is Cc1ccc2c(c1)c(=O)c(Cc1ccccc1)cn2CC(=O)O. The molecule has 0 saturated carbocycles. The fourth-order valence-electron chi connectivity index (χ4n) is 2.79. The van der Waals surface area contributed by atoms with Gasteiger partial charge in [0.25, 0.3) is 0 Å². The van der Waals surface area contributed by atoms with Crippen molar-refractivity contribution in [3.05, 3.63) is 81.6 Å². The highest BCUT2D eigenvalue weighted by molar-refractivity contribution is 5.82. The Balaban J connectivity index is 2.19. The van der Waals surface area contributed by atoms with E-state index in [0.29, 0.717) is 22.9 Å². The molecule has 1 N–H and O–H groups in total. The van der Waals surface area contributed by atoms with Crippen LogP contribution in [-0.4, -0.2) is 15.6 Å². The number of aromatic nitrogens is 1. The van der Waals surface area contributed by atoms with Gasteiger partial charge in [0.05, 0.1) is 5.52 Å². The van der Waals surface area contributed by atoms with Gasteiger partial charge in [-0.15, -0.1) is 0 Å². The maximum absolute atomic E-state index is 12.8. The molecule has 116 valence electrons. The zero-order valence-corrected chi connectivity index (χ0v) is 12.8. The minimum absolute atomic E-state index is 0.0332. The first-order valence-corrected chi connectivity index (χ1v) is 7.43. The molecule has 1 aromatic heterocycles. The molecule has 1 heterocycles. The van der Waals surface area contributed by atoms with E-state index in [1.165, 1.54) is 0 Å². The van der Waals surface area contributed by atoms with E-state index < -0.39 is 5.97 Å². The molecule has 0 amide bonds. The largest absolute Gasteiger partial charge is 0.480 e. The van der Waals surface area contributed by atoms with Crippen molar-refractivity contribution in [2.75, 3.05) is 0 Å². The summed E-state index contributed by atoms with van der Waals surface area (Å²) in [4.78, 5) is 23.9. The molecule has 0 unspecified atom stereocenters. The van der Waals surface area contributed by atoms with Gasteiger partial charge >= 0.3 is 5.97 Å². The van der Waals surface area contributed by atoms with Crippen LogP contribution in [0, 0.1) is 6.92 Å². The number of benzene rings is 2. The van der Waals surface area contributed by atoms with Crippen LogP contribution in [0.5, 0.6) is 0 Å². The Bertz CT molecular complexity index is 926. The highest BCUT2D eigenvalue weighted by Gasteiger charge is 2.11. The Hall–Kier alpha value is -2.88. The van der Waals surface area contributed by atoms with Gasteiger partial charge in [0.2, 0.25) is 0 Å². The first-order valence-electron chi connectivity index (χ1n) is 7.43. The molecule has 0 bridgehead atoms. The number of nitrogens with zero attached hydrogens (tertiary/aromatic N) is 1. The van der Waals surface area contributed by atoms with Crippen molar-refractivity contribution < 1.29 is 9.90 Å². The van der Waals surface area contributed by atoms with Crippen LogP contribution in [0.1, 0.15) is 16.7 Å². The summed E-state index contributed by atoms with van der Waals surface area (Å²) in [6.07, 6.45) is 2.16. The lowest BCUT2D eigenvalue weighted by atomic mass is 10.0. The van der Waals surface area contributed by atoms with Gasteiger partial charge in [0.1, 0.15) is 6.54 Å². The molecule has 23 heavy (non-hydrogen) atoms. The molecule has 3 rings (SSSR count). The van der Waals surface area contributed by atoms with Gasteiger partial charge in [0.15, 0.2) is 5.43 Å². The monoisotopic (exact) mass is 307 g/mol. The van der Waals surface area contributed by atoms with E-state index in [4.69, 9.17) is 5.11 Å². The van der Waals surface area contributed by atoms with Crippen LogP contribution in [0.25, 0.3) is 10.9 Å². The summed E-state index contributed by atoms with van der Waals surface area (Å²) in [5.41, 5.74) is 3.23. The first kappa shape index (κ1) is 15.0. The van der Waals surface area contributed by atoms with Crippen molar-refractivity contribution in [3.63, 3.8) is 0 Å². The lowest BCUT2D eigenvalue weighted by Crippen LogP contribution is -2.18. The smallest absolute Gasteiger partial charge is 0.323 e. The molecule has 0 aliphatic rings. The van der Waals surface area contributed by atoms with Crippen LogP contribution in [0.15, 0.2) is 59.5 Å². The molecule has 0 saturated heterocycles. The normalized spacial score (nSPS) is 10.8. The van der Waals surface area contributed by atoms with Gasteiger partial charge in [-0.1, -0.05) is 42.0 Å². The van der Waals surface area contributed by atoms with Crippen molar-refractivity contribution in [2.45, 2.75) is 19.9 Å². The molecule has 4 nitrogen and oxygen atoms in total. The second-order valence-corrected chi connectivity index (χ2v) is 5.69. The highest BCUT2D eigenvalue weighted by atomic mass is 16.4. The molecule has 0 fully saturated rings. The van der Waals surface area contributed by atoms with Crippen molar-refractivity contribution in [3.8, 4) is 0 Å². The lowest BCUT2D eigenvalue weighted by molar-refractivity contribution is -0.137. The average molecular weight is 307 g/mol. The molecule has 0 atom stereocenters. The van der Waals surface area contributed by atoms with Gasteiger partial charge in [-0.25, -0.2) is 0 Å². The van der Waals surface area contributed by atoms with E-state index in [-0.39, 0.29) is 12.0 Å². The number of carbonyl (C=O) groups is 1. The lowest BCUT2D eigenvalue weighted by Gasteiger charge is -2.12. The molecule has 4 heteroatoms. The zero-order chi connectivity index (χ0) is 16.4. The topological polar surface area (TPSA) is 59.3 Å². The molecule has 0 spiro atoms. The van der Waals surface area contributed by atoms with Gasteiger partial charge in [-0.05, 0) is 24.6 Å². The predicted molar refractivity (Wildman–Crippen MR) is 89.8 cm³/mol. The molecular formula is C19H17NO3. The third-order valence-corrected chi connectivity index (χ3v) is 3.85. The third-order valence-electron chi connectivity index (χ3n) is 3.85. The summed E-state index contributed by atoms with van der Waals surface area (Å²) >= 11 is 0. The van der Waals surface area contributed by atoms with Crippen LogP contribution in [-0.2, 0) is 17.8 Å². The summed E-state index contributed by atoms with van der Waals surface area (Å²) in [5, 5.41) is 9.70. The number of pyridine rings is 1. The van der Waals surface area contributed by atoms with E-state index in [9.17, 15) is 9.59 Å². The molecule has 0 aliphatic heterocycles. The minimum atomic E-state index is -0.929. The Kier molecular flexibility index (Phi) is 3.98. The van der Waals surface area contributed by atoms with Crippen LogP contribution < -0.4 is 5.43 Å². The number of hydrogen-bond acceptors (Lipinski definition) is 2. The number of carboxylic acids is 1. The fourth-order valence-corrected chi connectivity index (χ4v) is 2.79. The summed E-state index contributed by atoms with van der Waals surface area (Å²) in [6.45, 7) is 1.76. The zero-order valence-electron chi connectivity index (χ0n) is 12.8. The van der Waals surface area contributed by atoms with Crippen LogP contribution in [0.2, 0.25) is 0 Å². The summed E-state index contributed by atoms with van der Waals surface area (Å²) in [6, 6.07) is 15.2. The van der Waals surface area contributed by atoms with Crippen LogP contribution >= 0.6 is 0 Å². The molecular weight excluding hydrogens is 290 g/mol.